The van der Waals surface area contributed by atoms with Crippen LogP contribution in [0.3, 0.4) is 0 Å². The van der Waals surface area contributed by atoms with Gasteiger partial charge in [0.25, 0.3) is 0 Å². The van der Waals surface area contributed by atoms with Gasteiger partial charge >= 0.3 is 6.03 Å². The highest BCUT2D eigenvalue weighted by atomic mass is 79.9. The molecule has 2 aromatic carbocycles. The number of halogens is 2. The molecule has 0 spiro atoms. The monoisotopic (exact) mass is 368 g/mol. The van der Waals surface area contributed by atoms with Crippen molar-refractivity contribution in [2.45, 2.75) is 6.54 Å². The fourth-order valence-corrected chi connectivity index (χ4v) is 1.95. The molecule has 0 atom stereocenters. The van der Waals surface area contributed by atoms with Gasteiger partial charge in [-0.25, -0.2) is 4.79 Å². The smallest absolute Gasteiger partial charge is 0.317 e. The third kappa shape index (κ3) is 5.65. The van der Waals surface area contributed by atoms with Crippen molar-refractivity contribution >= 4 is 33.6 Å². The standard InChI is InChI=1S/C15H14BrClN2O2/c16-12-3-1-11(2-4-12)9-18-15(20)19-10-21-14-7-5-13(17)6-8-14/h1-8H,9-10H2,(H2,18,19,20). The lowest BCUT2D eigenvalue weighted by atomic mass is 10.2. The maximum atomic E-state index is 11.6. The van der Waals surface area contributed by atoms with E-state index in [1.54, 1.807) is 24.3 Å². The van der Waals surface area contributed by atoms with Gasteiger partial charge in [0, 0.05) is 16.0 Å². The second-order valence-corrected chi connectivity index (χ2v) is 5.58. The summed E-state index contributed by atoms with van der Waals surface area (Å²) in [5.74, 6) is 0.646. The molecule has 0 unspecified atom stereocenters. The molecule has 6 heteroatoms. The van der Waals surface area contributed by atoms with Crippen molar-refractivity contribution < 1.29 is 9.53 Å². The lowest BCUT2D eigenvalue weighted by Crippen LogP contribution is -2.37. The number of rotatable bonds is 5. The Hall–Kier alpha value is -1.72. The van der Waals surface area contributed by atoms with Crippen LogP contribution in [0.2, 0.25) is 5.02 Å². The number of benzene rings is 2. The van der Waals surface area contributed by atoms with Crippen LogP contribution in [-0.4, -0.2) is 12.8 Å². The molecule has 0 aromatic heterocycles. The molecule has 0 aliphatic heterocycles. The first-order valence-electron chi connectivity index (χ1n) is 6.28. The third-order valence-corrected chi connectivity index (χ3v) is 3.43. The zero-order valence-electron chi connectivity index (χ0n) is 11.1. The van der Waals surface area contributed by atoms with Crippen molar-refractivity contribution in [1.29, 1.82) is 0 Å². The first kappa shape index (κ1) is 15.7. The minimum absolute atomic E-state index is 0.0911. The zero-order chi connectivity index (χ0) is 15.1. The van der Waals surface area contributed by atoms with E-state index >= 15 is 0 Å². The van der Waals surface area contributed by atoms with E-state index in [0.29, 0.717) is 17.3 Å². The molecular weight excluding hydrogens is 356 g/mol. The second-order valence-electron chi connectivity index (χ2n) is 4.23. The first-order chi connectivity index (χ1) is 10.1. The number of carbonyl (C=O) groups excluding carboxylic acids is 1. The Morgan fingerprint density at radius 2 is 1.71 bits per heavy atom. The summed E-state index contributed by atoms with van der Waals surface area (Å²) in [7, 11) is 0. The fourth-order valence-electron chi connectivity index (χ4n) is 1.56. The van der Waals surface area contributed by atoms with E-state index < -0.39 is 0 Å². The third-order valence-electron chi connectivity index (χ3n) is 2.65. The van der Waals surface area contributed by atoms with Gasteiger partial charge in [0.2, 0.25) is 0 Å². The molecule has 110 valence electrons. The van der Waals surface area contributed by atoms with Crippen molar-refractivity contribution in [2.24, 2.45) is 0 Å². The van der Waals surface area contributed by atoms with Crippen molar-refractivity contribution in [3.63, 3.8) is 0 Å². The molecule has 0 aliphatic carbocycles. The number of hydrogen-bond acceptors (Lipinski definition) is 2. The van der Waals surface area contributed by atoms with Crippen LogP contribution < -0.4 is 15.4 Å². The summed E-state index contributed by atoms with van der Waals surface area (Å²) in [4.78, 5) is 11.6. The molecule has 0 bridgehead atoms. The molecule has 2 aromatic rings. The largest absolute Gasteiger partial charge is 0.473 e. The lowest BCUT2D eigenvalue weighted by Gasteiger charge is -2.09. The number of nitrogens with one attached hydrogen (secondary N) is 2. The summed E-state index contributed by atoms with van der Waals surface area (Å²) in [6.07, 6.45) is 0. The van der Waals surface area contributed by atoms with Crippen molar-refractivity contribution in [3.05, 3.63) is 63.6 Å². The molecule has 0 fully saturated rings. The van der Waals surface area contributed by atoms with Crippen LogP contribution >= 0.6 is 27.5 Å². The van der Waals surface area contributed by atoms with E-state index in [4.69, 9.17) is 16.3 Å². The molecular formula is C15H14BrClN2O2. The lowest BCUT2D eigenvalue weighted by molar-refractivity contribution is 0.223. The Bertz CT molecular complexity index is 588. The summed E-state index contributed by atoms with van der Waals surface area (Å²) in [5.41, 5.74) is 1.02. The number of hydrogen-bond donors (Lipinski definition) is 2. The van der Waals surface area contributed by atoms with E-state index in [9.17, 15) is 4.79 Å². The molecule has 2 amide bonds. The molecule has 21 heavy (non-hydrogen) atoms. The highest BCUT2D eigenvalue weighted by Crippen LogP contribution is 2.15. The predicted octanol–water partition coefficient (Wildman–Crippen LogP) is 3.94. The predicted molar refractivity (Wildman–Crippen MR) is 86.5 cm³/mol. The normalized spacial score (nSPS) is 10.0. The Kier molecular flexibility index (Phi) is 5.90. The summed E-state index contributed by atoms with van der Waals surface area (Å²) in [6, 6.07) is 14.4. The van der Waals surface area contributed by atoms with Gasteiger partial charge in [-0.15, -0.1) is 0 Å². The minimum atomic E-state index is -0.285. The average molecular weight is 370 g/mol. The number of amides is 2. The van der Waals surface area contributed by atoms with Gasteiger partial charge in [-0.05, 0) is 42.0 Å². The van der Waals surface area contributed by atoms with Crippen molar-refractivity contribution in [1.82, 2.24) is 10.6 Å². The Labute approximate surface area is 136 Å². The van der Waals surface area contributed by atoms with Gasteiger partial charge in [0.15, 0.2) is 6.73 Å². The van der Waals surface area contributed by atoms with E-state index in [1.807, 2.05) is 24.3 Å². The van der Waals surface area contributed by atoms with E-state index in [1.165, 1.54) is 0 Å². The van der Waals surface area contributed by atoms with Crippen LogP contribution in [0.25, 0.3) is 0 Å². The molecule has 4 nitrogen and oxygen atoms in total. The Morgan fingerprint density at radius 1 is 1.05 bits per heavy atom. The van der Waals surface area contributed by atoms with E-state index in [-0.39, 0.29) is 12.8 Å². The molecule has 0 heterocycles. The first-order valence-corrected chi connectivity index (χ1v) is 7.45. The quantitative estimate of drug-likeness (QED) is 0.784. The van der Waals surface area contributed by atoms with E-state index in [0.717, 1.165) is 10.0 Å². The van der Waals surface area contributed by atoms with Crippen LogP contribution in [0.1, 0.15) is 5.56 Å². The molecule has 0 saturated carbocycles. The molecule has 2 rings (SSSR count). The van der Waals surface area contributed by atoms with Gasteiger partial charge in [0.1, 0.15) is 5.75 Å². The van der Waals surface area contributed by atoms with Crippen LogP contribution in [0, 0.1) is 0 Å². The topological polar surface area (TPSA) is 50.4 Å². The molecule has 0 saturated heterocycles. The van der Waals surface area contributed by atoms with Gasteiger partial charge in [-0.2, -0.15) is 0 Å². The van der Waals surface area contributed by atoms with Crippen molar-refractivity contribution in [2.75, 3.05) is 6.73 Å². The van der Waals surface area contributed by atoms with E-state index in [2.05, 4.69) is 26.6 Å². The highest BCUT2D eigenvalue weighted by molar-refractivity contribution is 9.10. The van der Waals surface area contributed by atoms with Gasteiger partial charge in [0.05, 0.1) is 0 Å². The number of carbonyl (C=O) groups is 1. The number of urea groups is 1. The molecule has 2 N–H and O–H groups in total. The summed E-state index contributed by atoms with van der Waals surface area (Å²) >= 11 is 9.13. The summed E-state index contributed by atoms with van der Waals surface area (Å²) in [5, 5.41) is 6.00. The summed E-state index contributed by atoms with van der Waals surface area (Å²) in [6.45, 7) is 0.549. The van der Waals surface area contributed by atoms with Gasteiger partial charge in [-0.3, -0.25) is 0 Å². The van der Waals surface area contributed by atoms with Crippen LogP contribution in [0.15, 0.2) is 53.0 Å². The Morgan fingerprint density at radius 3 is 2.38 bits per heavy atom. The highest BCUT2D eigenvalue weighted by Gasteiger charge is 2.00. The summed E-state index contributed by atoms with van der Waals surface area (Å²) < 4.78 is 6.37. The van der Waals surface area contributed by atoms with Crippen LogP contribution in [0.5, 0.6) is 5.75 Å². The molecule has 0 aliphatic rings. The van der Waals surface area contributed by atoms with Crippen LogP contribution in [-0.2, 0) is 6.54 Å². The SMILES string of the molecule is O=C(NCOc1ccc(Cl)cc1)NCc1ccc(Br)cc1. The average Bonchev–Trinajstić information content (AvgIpc) is 2.49. The van der Waals surface area contributed by atoms with Crippen molar-refractivity contribution in [3.8, 4) is 5.75 Å². The van der Waals surface area contributed by atoms with Crippen LogP contribution in [0.4, 0.5) is 4.79 Å². The maximum Gasteiger partial charge on any atom is 0.317 e. The van der Waals surface area contributed by atoms with Gasteiger partial charge < -0.3 is 15.4 Å². The maximum absolute atomic E-state index is 11.6. The second kappa shape index (κ2) is 7.90. The zero-order valence-corrected chi connectivity index (χ0v) is 13.4. The fraction of sp³-hybridized carbons (Fsp3) is 0.133. The minimum Gasteiger partial charge on any atom is -0.473 e. The van der Waals surface area contributed by atoms with Gasteiger partial charge in [-0.1, -0.05) is 39.7 Å². The number of ether oxygens (including phenoxy) is 1. The Balaban J connectivity index is 1.67. The molecule has 0 radical (unpaired) electrons.